The number of benzene rings is 1. The Kier molecular flexibility index (Phi) is 8.70. The van der Waals surface area contributed by atoms with Gasteiger partial charge >= 0.3 is 0 Å². The zero-order valence-electron chi connectivity index (χ0n) is 15.5. The van der Waals surface area contributed by atoms with Crippen LogP contribution in [0.2, 0.25) is 0 Å². The topological polar surface area (TPSA) is 56.7 Å². The van der Waals surface area contributed by atoms with E-state index in [1.807, 2.05) is 19.2 Å². The monoisotopic (exact) mass is 484 g/mol. The molecule has 1 N–H and O–H groups in total. The Labute approximate surface area is 176 Å². The van der Waals surface area contributed by atoms with Gasteiger partial charge in [-0.25, -0.2) is 14.4 Å². The zero-order chi connectivity index (χ0) is 18.2. The van der Waals surface area contributed by atoms with Crippen molar-refractivity contribution in [1.29, 1.82) is 0 Å². The van der Waals surface area contributed by atoms with Gasteiger partial charge < -0.3 is 15.1 Å². The molecule has 0 atom stereocenters. The van der Waals surface area contributed by atoms with Gasteiger partial charge in [-0.2, -0.15) is 0 Å². The number of anilines is 1. The van der Waals surface area contributed by atoms with Gasteiger partial charge in [-0.1, -0.05) is 12.1 Å². The molecule has 8 heteroatoms. The average Bonchev–Trinajstić information content (AvgIpc) is 2.69. The maximum Gasteiger partial charge on any atom is 0.225 e. The second-order valence-corrected chi connectivity index (χ2v) is 6.23. The number of guanidine groups is 1. The van der Waals surface area contributed by atoms with Crippen molar-refractivity contribution in [3.05, 3.63) is 54.1 Å². The van der Waals surface area contributed by atoms with Gasteiger partial charge in [0.25, 0.3) is 0 Å². The molecule has 0 aliphatic carbocycles. The third kappa shape index (κ3) is 6.30. The number of aryl methyl sites for hydroxylation is 1. The molecule has 27 heavy (non-hydrogen) atoms. The van der Waals surface area contributed by atoms with E-state index in [2.05, 4.69) is 30.1 Å². The van der Waals surface area contributed by atoms with Gasteiger partial charge in [-0.15, -0.1) is 24.0 Å². The molecule has 1 aromatic carbocycles. The quantitative estimate of drug-likeness (QED) is 0.306. The fourth-order valence-corrected chi connectivity index (χ4v) is 3.09. The first-order valence-electron chi connectivity index (χ1n) is 8.98. The van der Waals surface area contributed by atoms with Crippen LogP contribution in [0.15, 0.2) is 47.7 Å². The summed E-state index contributed by atoms with van der Waals surface area (Å²) in [5, 5.41) is 3.41. The second kappa shape index (κ2) is 11.0. The minimum Gasteiger partial charge on any atom is -0.356 e. The standard InChI is InChI=1S/C19H25FN6.HI/c1-21-18(22-8-3-6-16-5-2-7-17(20)15-16)25-11-13-26(14-12-25)19-23-9-4-10-24-19;/h2,4-5,7,9-10,15H,3,6,8,11-14H2,1H3,(H,21,22);1H. The molecule has 2 aromatic rings. The lowest BCUT2D eigenvalue weighted by atomic mass is 10.1. The molecule has 0 radical (unpaired) electrons. The fraction of sp³-hybridized carbons (Fsp3) is 0.421. The molecule has 1 aromatic heterocycles. The van der Waals surface area contributed by atoms with Crippen LogP contribution in [0.1, 0.15) is 12.0 Å². The number of aliphatic imine (C=N–C) groups is 1. The van der Waals surface area contributed by atoms with Gasteiger partial charge in [0, 0.05) is 52.2 Å². The molecular formula is C19H26FIN6. The van der Waals surface area contributed by atoms with Crippen LogP contribution in [0, 0.1) is 5.82 Å². The Bertz CT molecular complexity index is 719. The number of rotatable bonds is 5. The van der Waals surface area contributed by atoms with Crippen molar-refractivity contribution in [1.82, 2.24) is 20.2 Å². The molecule has 1 fully saturated rings. The maximum absolute atomic E-state index is 13.2. The van der Waals surface area contributed by atoms with Gasteiger partial charge in [0.15, 0.2) is 5.96 Å². The summed E-state index contributed by atoms with van der Waals surface area (Å²) in [5.41, 5.74) is 1.03. The van der Waals surface area contributed by atoms with Gasteiger partial charge in [-0.3, -0.25) is 4.99 Å². The third-order valence-electron chi connectivity index (χ3n) is 4.44. The van der Waals surface area contributed by atoms with Crippen LogP contribution in [0.25, 0.3) is 0 Å². The third-order valence-corrected chi connectivity index (χ3v) is 4.44. The van der Waals surface area contributed by atoms with E-state index in [1.165, 1.54) is 6.07 Å². The van der Waals surface area contributed by atoms with Gasteiger partial charge in [0.05, 0.1) is 0 Å². The van der Waals surface area contributed by atoms with Crippen molar-refractivity contribution in [2.75, 3.05) is 44.7 Å². The van der Waals surface area contributed by atoms with E-state index >= 15 is 0 Å². The van der Waals surface area contributed by atoms with Gasteiger partial charge in [0.2, 0.25) is 5.95 Å². The first-order valence-corrected chi connectivity index (χ1v) is 8.98. The highest BCUT2D eigenvalue weighted by molar-refractivity contribution is 14.0. The summed E-state index contributed by atoms with van der Waals surface area (Å²) in [5.74, 6) is 1.52. The smallest absolute Gasteiger partial charge is 0.225 e. The number of piperazine rings is 1. The molecule has 0 spiro atoms. The van der Waals surface area contributed by atoms with Crippen molar-refractivity contribution < 1.29 is 4.39 Å². The fourth-order valence-electron chi connectivity index (χ4n) is 3.09. The predicted octanol–water partition coefficient (Wildman–Crippen LogP) is 2.56. The lowest BCUT2D eigenvalue weighted by molar-refractivity contribution is 0.370. The summed E-state index contributed by atoms with van der Waals surface area (Å²) in [6.07, 6.45) is 5.32. The summed E-state index contributed by atoms with van der Waals surface area (Å²) >= 11 is 0. The van der Waals surface area contributed by atoms with Crippen LogP contribution in [-0.2, 0) is 6.42 Å². The van der Waals surface area contributed by atoms with E-state index in [4.69, 9.17) is 0 Å². The Hall–Kier alpha value is -1.97. The van der Waals surface area contributed by atoms with Crippen LogP contribution in [0.5, 0.6) is 0 Å². The molecule has 1 aliphatic heterocycles. The molecule has 1 aliphatic rings. The van der Waals surface area contributed by atoms with Crippen molar-refractivity contribution in [3.8, 4) is 0 Å². The van der Waals surface area contributed by atoms with E-state index in [1.54, 1.807) is 24.5 Å². The molecule has 2 heterocycles. The summed E-state index contributed by atoms with van der Waals surface area (Å²) in [4.78, 5) is 17.5. The lowest BCUT2D eigenvalue weighted by Gasteiger charge is -2.36. The van der Waals surface area contributed by atoms with Crippen molar-refractivity contribution in [3.63, 3.8) is 0 Å². The highest BCUT2D eigenvalue weighted by Crippen LogP contribution is 2.10. The van der Waals surface area contributed by atoms with Gasteiger partial charge in [0.1, 0.15) is 5.82 Å². The minimum atomic E-state index is -0.175. The molecule has 0 amide bonds. The highest BCUT2D eigenvalue weighted by Gasteiger charge is 2.20. The molecule has 146 valence electrons. The number of nitrogens with zero attached hydrogens (tertiary/aromatic N) is 5. The van der Waals surface area contributed by atoms with E-state index in [0.29, 0.717) is 0 Å². The van der Waals surface area contributed by atoms with Crippen LogP contribution in [0.4, 0.5) is 10.3 Å². The van der Waals surface area contributed by atoms with Crippen LogP contribution < -0.4 is 10.2 Å². The van der Waals surface area contributed by atoms with Gasteiger partial charge in [-0.05, 0) is 36.6 Å². The van der Waals surface area contributed by atoms with E-state index in [0.717, 1.165) is 63.0 Å². The van der Waals surface area contributed by atoms with E-state index < -0.39 is 0 Å². The molecule has 0 saturated carbocycles. The Morgan fingerprint density at radius 3 is 2.56 bits per heavy atom. The summed E-state index contributed by atoms with van der Waals surface area (Å²) < 4.78 is 13.2. The molecule has 1 saturated heterocycles. The van der Waals surface area contributed by atoms with E-state index in [9.17, 15) is 4.39 Å². The highest BCUT2D eigenvalue weighted by atomic mass is 127. The second-order valence-electron chi connectivity index (χ2n) is 6.23. The van der Waals surface area contributed by atoms with Crippen molar-refractivity contribution >= 4 is 35.9 Å². The molecule has 6 nitrogen and oxygen atoms in total. The average molecular weight is 484 g/mol. The summed E-state index contributed by atoms with van der Waals surface area (Å²) in [6, 6.07) is 8.62. The molecule has 0 bridgehead atoms. The summed E-state index contributed by atoms with van der Waals surface area (Å²) in [7, 11) is 1.81. The van der Waals surface area contributed by atoms with Crippen molar-refractivity contribution in [2.24, 2.45) is 4.99 Å². The number of aromatic nitrogens is 2. The molecular weight excluding hydrogens is 458 g/mol. The zero-order valence-corrected chi connectivity index (χ0v) is 17.8. The SMILES string of the molecule is CN=C(NCCCc1cccc(F)c1)N1CCN(c2ncccn2)CC1.I. The largest absolute Gasteiger partial charge is 0.356 e. The summed E-state index contributed by atoms with van der Waals surface area (Å²) in [6.45, 7) is 4.30. The molecule has 0 unspecified atom stereocenters. The lowest BCUT2D eigenvalue weighted by Crippen LogP contribution is -2.53. The first kappa shape index (κ1) is 21.3. The normalized spacial score (nSPS) is 14.7. The Morgan fingerprint density at radius 1 is 1.15 bits per heavy atom. The van der Waals surface area contributed by atoms with Crippen molar-refractivity contribution in [2.45, 2.75) is 12.8 Å². The minimum absolute atomic E-state index is 0. The maximum atomic E-state index is 13.2. The Balaban J connectivity index is 0.00000261. The number of halogens is 2. The Morgan fingerprint density at radius 2 is 1.89 bits per heavy atom. The number of nitrogens with one attached hydrogen (secondary N) is 1. The number of hydrogen-bond acceptors (Lipinski definition) is 4. The number of hydrogen-bond donors (Lipinski definition) is 1. The first-order chi connectivity index (χ1) is 12.8. The molecule has 3 rings (SSSR count). The van der Waals surface area contributed by atoms with Crippen LogP contribution in [0.3, 0.4) is 0 Å². The van der Waals surface area contributed by atoms with E-state index in [-0.39, 0.29) is 29.8 Å². The van der Waals surface area contributed by atoms with Crippen LogP contribution in [-0.4, -0.2) is 60.6 Å². The van der Waals surface area contributed by atoms with Crippen LogP contribution >= 0.6 is 24.0 Å². The predicted molar refractivity (Wildman–Crippen MR) is 117 cm³/mol.